The molecule has 0 aromatic carbocycles. The highest BCUT2D eigenvalue weighted by Gasteiger charge is 2.67. The summed E-state index contributed by atoms with van der Waals surface area (Å²) in [6, 6.07) is 0. The number of hydrogen-bond acceptors (Lipinski definition) is 7. The first-order chi connectivity index (χ1) is 16.8. The van der Waals surface area contributed by atoms with Gasteiger partial charge in [-0.25, -0.2) is 0 Å². The van der Waals surface area contributed by atoms with E-state index in [0.29, 0.717) is 25.2 Å². The zero-order chi connectivity index (χ0) is 26.3. The minimum absolute atomic E-state index is 0.0127. The maximum absolute atomic E-state index is 13.7. The van der Waals surface area contributed by atoms with Crippen molar-refractivity contribution in [1.29, 1.82) is 0 Å². The van der Waals surface area contributed by atoms with Gasteiger partial charge in [0.1, 0.15) is 6.10 Å². The molecule has 0 radical (unpaired) electrons. The van der Waals surface area contributed by atoms with Crippen LogP contribution in [-0.2, 0) is 14.3 Å². The summed E-state index contributed by atoms with van der Waals surface area (Å²) in [5.74, 6) is -1.19. The molecule has 0 aromatic rings. The molecule has 0 bridgehead atoms. The molecule has 4 aliphatic carbocycles. The van der Waals surface area contributed by atoms with Gasteiger partial charge in [-0.1, -0.05) is 40.2 Å². The smallest absolute Gasteiger partial charge is 0.306 e. The van der Waals surface area contributed by atoms with Crippen molar-refractivity contribution >= 4 is 11.8 Å². The van der Waals surface area contributed by atoms with Crippen LogP contribution >= 0.6 is 0 Å². The predicted molar refractivity (Wildman–Crippen MR) is 132 cm³/mol. The number of ether oxygens (including phenoxy) is 1. The number of allylic oxidation sites excluding steroid dienone is 1. The van der Waals surface area contributed by atoms with Crippen LogP contribution in [0.25, 0.3) is 0 Å². The average Bonchev–Trinajstić information content (AvgIpc) is 3.09. The second-order valence-corrected chi connectivity index (χ2v) is 13.5. The van der Waals surface area contributed by atoms with Gasteiger partial charge in [0.25, 0.3) is 0 Å². The molecule has 0 aromatic heterocycles. The van der Waals surface area contributed by atoms with Crippen molar-refractivity contribution in [3.05, 3.63) is 11.6 Å². The summed E-state index contributed by atoms with van der Waals surface area (Å²) in [5.41, 5.74) is 0.0542. The Morgan fingerprint density at radius 1 is 0.972 bits per heavy atom. The first-order valence-electron chi connectivity index (χ1n) is 14.0. The lowest BCUT2D eigenvalue weighted by molar-refractivity contribution is -0.246. The van der Waals surface area contributed by atoms with Gasteiger partial charge in [0.15, 0.2) is 5.78 Å². The first-order valence-corrected chi connectivity index (χ1v) is 14.0. The summed E-state index contributed by atoms with van der Waals surface area (Å²) in [7, 11) is 0. The molecular weight excluding hydrogens is 460 g/mol. The van der Waals surface area contributed by atoms with E-state index in [1.54, 1.807) is 6.08 Å². The second kappa shape index (κ2) is 8.89. The largest absolute Gasteiger partial charge is 0.462 e. The molecule has 7 heteroatoms. The summed E-state index contributed by atoms with van der Waals surface area (Å²) in [5, 5.41) is 43.8. The van der Waals surface area contributed by atoms with Crippen LogP contribution in [0.4, 0.5) is 0 Å². The van der Waals surface area contributed by atoms with E-state index in [1.165, 1.54) is 0 Å². The Hall–Kier alpha value is -1.28. The minimum Gasteiger partial charge on any atom is -0.462 e. The van der Waals surface area contributed by atoms with Gasteiger partial charge >= 0.3 is 5.97 Å². The molecule has 3 saturated carbocycles. The van der Waals surface area contributed by atoms with Gasteiger partial charge in [-0.3, -0.25) is 9.59 Å². The Kier molecular flexibility index (Phi) is 6.50. The molecule has 5 rings (SSSR count). The van der Waals surface area contributed by atoms with Crippen molar-refractivity contribution in [1.82, 2.24) is 0 Å². The first kappa shape index (κ1) is 26.3. The van der Waals surface area contributed by atoms with Gasteiger partial charge in [-0.15, -0.1) is 0 Å². The third-order valence-electron chi connectivity index (χ3n) is 11.5. The van der Waals surface area contributed by atoms with Crippen LogP contribution in [0.2, 0.25) is 0 Å². The molecule has 1 heterocycles. The molecule has 4 fully saturated rings. The Morgan fingerprint density at radius 3 is 2.33 bits per heavy atom. The Bertz CT molecular complexity index is 944. The van der Waals surface area contributed by atoms with Gasteiger partial charge < -0.3 is 25.2 Å². The number of aliphatic hydroxyl groups excluding tert-OH is 4. The van der Waals surface area contributed by atoms with E-state index < -0.39 is 53.0 Å². The minimum atomic E-state index is -1.20. The molecule has 13 atom stereocenters. The number of fused-ring (bicyclic) bond motifs is 5. The average molecular weight is 505 g/mol. The zero-order valence-corrected chi connectivity index (χ0v) is 22.3. The molecule has 1 aliphatic heterocycles. The van der Waals surface area contributed by atoms with Gasteiger partial charge in [0, 0.05) is 30.1 Å². The van der Waals surface area contributed by atoms with Crippen molar-refractivity contribution in [2.24, 2.45) is 52.3 Å². The molecule has 7 unspecified atom stereocenters. The van der Waals surface area contributed by atoms with E-state index in [9.17, 15) is 30.0 Å². The standard InChI is InChI=1S/C29H44O7/c1-13(2)15-10-20(36-21(32)11-15)14(3)17-12-19(31)23-22-16(6-8-29(17,23)5)28(4)9-7-18(30)25(33)24(28)27(35)26(22)34/h12-16,18,20,22-27,30,33-35H,6-11H2,1-5H3/t14?,15?,16?,18-,20?,22?,23?,24?,25+,26-,27-,28-,29-/m1/s1. The second-order valence-electron chi connectivity index (χ2n) is 13.5. The molecule has 36 heavy (non-hydrogen) atoms. The molecule has 4 N–H and O–H groups in total. The van der Waals surface area contributed by atoms with Gasteiger partial charge in [0.2, 0.25) is 0 Å². The van der Waals surface area contributed by atoms with Crippen LogP contribution in [0.1, 0.15) is 73.1 Å². The Morgan fingerprint density at radius 2 is 1.67 bits per heavy atom. The quantitative estimate of drug-likeness (QED) is 0.436. The van der Waals surface area contributed by atoms with Crippen LogP contribution in [0.3, 0.4) is 0 Å². The van der Waals surface area contributed by atoms with Crippen molar-refractivity contribution in [3.63, 3.8) is 0 Å². The molecular formula is C29H44O7. The lowest BCUT2D eigenvalue weighted by Crippen LogP contribution is -2.68. The highest BCUT2D eigenvalue weighted by molar-refractivity contribution is 5.97. The fraction of sp³-hybridized carbons (Fsp3) is 0.862. The van der Waals surface area contributed by atoms with E-state index in [0.717, 1.165) is 24.8 Å². The van der Waals surface area contributed by atoms with Crippen LogP contribution in [0, 0.1) is 52.3 Å². The lowest BCUT2D eigenvalue weighted by Gasteiger charge is -2.63. The molecule has 0 spiro atoms. The molecule has 7 nitrogen and oxygen atoms in total. The summed E-state index contributed by atoms with van der Waals surface area (Å²) >= 11 is 0. The highest BCUT2D eigenvalue weighted by Crippen LogP contribution is 2.66. The molecule has 202 valence electrons. The van der Waals surface area contributed by atoms with Crippen LogP contribution in [0.15, 0.2) is 11.6 Å². The van der Waals surface area contributed by atoms with E-state index >= 15 is 0 Å². The third-order valence-corrected chi connectivity index (χ3v) is 11.5. The highest BCUT2D eigenvalue weighted by atomic mass is 16.5. The number of aliphatic hydroxyl groups is 4. The maximum Gasteiger partial charge on any atom is 0.306 e. The maximum atomic E-state index is 13.7. The van der Waals surface area contributed by atoms with Gasteiger partial charge in [-0.05, 0) is 66.8 Å². The van der Waals surface area contributed by atoms with Crippen LogP contribution in [0.5, 0.6) is 0 Å². The van der Waals surface area contributed by atoms with E-state index in [4.69, 9.17) is 4.74 Å². The van der Waals surface area contributed by atoms with Gasteiger partial charge in [-0.2, -0.15) is 0 Å². The zero-order valence-electron chi connectivity index (χ0n) is 22.3. The van der Waals surface area contributed by atoms with Crippen molar-refractivity contribution < 1.29 is 34.8 Å². The topological polar surface area (TPSA) is 124 Å². The van der Waals surface area contributed by atoms with Crippen LogP contribution in [-0.4, -0.2) is 62.7 Å². The summed E-state index contributed by atoms with van der Waals surface area (Å²) in [6.07, 6.45) is 0.957. The number of ketones is 1. The lowest BCUT2D eigenvalue weighted by atomic mass is 9.42. The number of cyclic esters (lactones) is 1. The summed E-state index contributed by atoms with van der Waals surface area (Å²) < 4.78 is 5.82. The predicted octanol–water partition coefficient (Wildman–Crippen LogP) is 2.63. The summed E-state index contributed by atoms with van der Waals surface area (Å²) in [6.45, 7) is 10.5. The van der Waals surface area contributed by atoms with E-state index in [-0.39, 0.29) is 35.6 Å². The Labute approximate surface area is 214 Å². The number of carbonyl (C=O) groups excluding carboxylic acids is 2. The molecule has 5 aliphatic rings. The fourth-order valence-electron chi connectivity index (χ4n) is 9.32. The Balaban J connectivity index is 1.45. The van der Waals surface area contributed by atoms with Crippen molar-refractivity contribution in [3.8, 4) is 0 Å². The third kappa shape index (κ3) is 3.67. The molecule has 0 amide bonds. The fourth-order valence-corrected chi connectivity index (χ4v) is 9.32. The van der Waals surface area contributed by atoms with E-state index in [1.807, 2.05) is 0 Å². The van der Waals surface area contributed by atoms with Gasteiger partial charge in [0.05, 0.1) is 24.4 Å². The molecule has 1 saturated heterocycles. The number of carbonyl (C=O) groups is 2. The number of esters is 1. The normalized spacial score (nSPS) is 51.7. The van der Waals surface area contributed by atoms with Crippen molar-refractivity contribution in [2.45, 2.75) is 104 Å². The SMILES string of the molecule is CC(C)C1CC(=O)OC(C(C)C2=CC(=O)C3C4C(CC[C@]23C)[C@@]2(C)CC[C@@H](O)[C@H](O)C2[C@@H](O)[C@@H]4O)C1. The van der Waals surface area contributed by atoms with Crippen LogP contribution < -0.4 is 0 Å². The number of hydrogen-bond donors (Lipinski definition) is 4. The number of rotatable bonds is 3. The van der Waals surface area contributed by atoms with Crippen molar-refractivity contribution in [2.75, 3.05) is 0 Å². The van der Waals surface area contributed by atoms with E-state index in [2.05, 4.69) is 34.6 Å². The monoisotopic (exact) mass is 504 g/mol. The summed E-state index contributed by atoms with van der Waals surface area (Å²) in [4.78, 5) is 26.1.